The van der Waals surface area contributed by atoms with E-state index in [4.69, 9.17) is 17.4 Å². The van der Waals surface area contributed by atoms with Crippen LogP contribution >= 0.6 is 0 Å². The van der Waals surface area contributed by atoms with Gasteiger partial charge in [0.25, 0.3) is 8.05 Å². The Kier molecular flexibility index (Phi) is 3.58. The molecule has 0 fully saturated rings. The summed E-state index contributed by atoms with van der Waals surface area (Å²) in [6, 6.07) is 0. The first-order chi connectivity index (χ1) is 4.87. The van der Waals surface area contributed by atoms with E-state index in [9.17, 15) is 0 Å². The molecule has 2 radical (unpaired) electrons. The van der Waals surface area contributed by atoms with Gasteiger partial charge in [-0.25, -0.2) is 0 Å². The second-order valence-corrected chi connectivity index (χ2v) is 3.95. The average molecular weight is 156 g/mol. The van der Waals surface area contributed by atoms with Crippen LogP contribution in [0.5, 0.6) is 0 Å². The summed E-state index contributed by atoms with van der Waals surface area (Å²) in [5.41, 5.74) is -0.431. The predicted molar refractivity (Wildman–Crippen MR) is 46.6 cm³/mol. The van der Waals surface area contributed by atoms with Gasteiger partial charge in [0, 0.05) is 12.5 Å². The number of methoxy groups -OCH3 is 1. The lowest BCUT2D eigenvalue weighted by Crippen LogP contribution is -2.44. The van der Waals surface area contributed by atoms with Crippen molar-refractivity contribution < 1.29 is 9.39 Å². The maximum absolute atomic E-state index is 5.17. The second kappa shape index (κ2) is 3.59. The quantitative estimate of drug-likeness (QED) is 0.574. The van der Waals surface area contributed by atoms with Crippen LogP contribution in [0.1, 0.15) is 27.7 Å². The molecule has 0 heterocycles. The van der Waals surface area contributed by atoms with Crippen LogP contribution in [0.25, 0.3) is 0 Å². The summed E-state index contributed by atoms with van der Waals surface area (Å²) in [4.78, 5) is 0. The van der Waals surface area contributed by atoms with E-state index in [0.717, 1.165) is 0 Å². The molecule has 0 N–H and O–H groups in total. The molecular formula is C8H17BO2. The fraction of sp³-hybridized carbons (Fsp3) is 1.00. The minimum atomic E-state index is -0.358. The summed E-state index contributed by atoms with van der Waals surface area (Å²) in [6.07, 6.45) is 0. The molecule has 0 atom stereocenters. The Morgan fingerprint density at radius 3 is 1.91 bits per heavy atom. The van der Waals surface area contributed by atoms with Gasteiger partial charge in [0.2, 0.25) is 0 Å². The average Bonchev–Trinajstić information content (AvgIpc) is 1.87. The minimum absolute atomic E-state index is 0.0729. The van der Waals surface area contributed by atoms with E-state index in [1.54, 1.807) is 7.11 Å². The SMILES string of the molecule is [B]OC(C)(C)C(C)(C)COC. The molecule has 0 aliphatic heterocycles. The number of ether oxygens (including phenoxy) is 1. The molecular weight excluding hydrogens is 139 g/mol. The highest BCUT2D eigenvalue weighted by atomic mass is 16.5. The minimum Gasteiger partial charge on any atom is -0.442 e. The van der Waals surface area contributed by atoms with Gasteiger partial charge in [-0.1, -0.05) is 13.8 Å². The van der Waals surface area contributed by atoms with Gasteiger partial charge < -0.3 is 9.39 Å². The molecule has 0 rings (SSSR count). The number of hydrogen-bond donors (Lipinski definition) is 0. The van der Waals surface area contributed by atoms with Crippen LogP contribution in [0, 0.1) is 5.41 Å². The lowest BCUT2D eigenvalue weighted by molar-refractivity contribution is -0.0492. The highest BCUT2D eigenvalue weighted by Gasteiger charge is 2.36. The summed E-state index contributed by atoms with van der Waals surface area (Å²) < 4.78 is 9.93. The Labute approximate surface area is 70.7 Å². The molecule has 0 aromatic rings. The first-order valence-corrected chi connectivity index (χ1v) is 3.74. The summed E-state index contributed by atoms with van der Waals surface area (Å²) >= 11 is 0. The van der Waals surface area contributed by atoms with Crippen LogP contribution in [0.3, 0.4) is 0 Å². The van der Waals surface area contributed by atoms with Crippen molar-refractivity contribution in [1.29, 1.82) is 0 Å². The van der Waals surface area contributed by atoms with Crippen LogP contribution in [0.15, 0.2) is 0 Å². The van der Waals surface area contributed by atoms with Crippen molar-refractivity contribution in [3.63, 3.8) is 0 Å². The molecule has 0 aromatic carbocycles. The molecule has 0 aliphatic carbocycles. The van der Waals surface area contributed by atoms with Crippen LogP contribution in [-0.4, -0.2) is 27.4 Å². The van der Waals surface area contributed by atoms with Crippen molar-refractivity contribution in [2.75, 3.05) is 13.7 Å². The highest BCUT2D eigenvalue weighted by Crippen LogP contribution is 2.32. The molecule has 2 nitrogen and oxygen atoms in total. The van der Waals surface area contributed by atoms with Crippen LogP contribution in [0.2, 0.25) is 0 Å². The normalized spacial score (nSPS) is 13.5. The van der Waals surface area contributed by atoms with Gasteiger partial charge >= 0.3 is 0 Å². The van der Waals surface area contributed by atoms with Gasteiger partial charge in [0.15, 0.2) is 0 Å². The number of rotatable bonds is 4. The third-order valence-corrected chi connectivity index (χ3v) is 2.43. The van der Waals surface area contributed by atoms with Crippen molar-refractivity contribution >= 4 is 8.05 Å². The Morgan fingerprint density at radius 2 is 1.64 bits per heavy atom. The molecule has 64 valence electrons. The van der Waals surface area contributed by atoms with Crippen molar-refractivity contribution in [2.24, 2.45) is 5.41 Å². The summed E-state index contributed by atoms with van der Waals surface area (Å²) in [5, 5.41) is 0. The molecule has 0 aliphatic rings. The van der Waals surface area contributed by atoms with Crippen molar-refractivity contribution in [2.45, 2.75) is 33.3 Å². The maximum Gasteiger partial charge on any atom is 0.283 e. The molecule has 0 saturated heterocycles. The van der Waals surface area contributed by atoms with Crippen LogP contribution in [-0.2, 0) is 9.39 Å². The highest BCUT2D eigenvalue weighted by molar-refractivity contribution is 5.98. The summed E-state index contributed by atoms with van der Waals surface area (Å²) in [7, 11) is 6.84. The summed E-state index contributed by atoms with van der Waals surface area (Å²) in [5.74, 6) is 0. The second-order valence-electron chi connectivity index (χ2n) is 3.95. The van der Waals surface area contributed by atoms with E-state index in [2.05, 4.69) is 13.8 Å². The van der Waals surface area contributed by atoms with Crippen molar-refractivity contribution in [1.82, 2.24) is 0 Å². The lowest BCUT2D eigenvalue weighted by atomic mass is 9.77. The molecule has 11 heavy (non-hydrogen) atoms. The monoisotopic (exact) mass is 156 g/mol. The van der Waals surface area contributed by atoms with E-state index in [1.165, 1.54) is 0 Å². The van der Waals surface area contributed by atoms with Gasteiger partial charge in [-0.2, -0.15) is 0 Å². The largest absolute Gasteiger partial charge is 0.442 e. The van der Waals surface area contributed by atoms with E-state index in [-0.39, 0.29) is 11.0 Å². The Morgan fingerprint density at radius 1 is 1.18 bits per heavy atom. The third kappa shape index (κ3) is 2.49. The zero-order valence-electron chi connectivity index (χ0n) is 8.10. The van der Waals surface area contributed by atoms with Crippen molar-refractivity contribution in [3.05, 3.63) is 0 Å². The fourth-order valence-electron chi connectivity index (χ4n) is 0.694. The van der Waals surface area contributed by atoms with Crippen LogP contribution in [0.4, 0.5) is 0 Å². The molecule has 0 saturated carbocycles. The molecule has 0 bridgehead atoms. The van der Waals surface area contributed by atoms with Crippen molar-refractivity contribution in [3.8, 4) is 0 Å². The van der Waals surface area contributed by atoms with Gasteiger partial charge in [0.1, 0.15) is 0 Å². The standard InChI is InChI=1S/C8H17BO2/c1-7(2,6-10-5)8(3,4)11-9/h6H2,1-5H3. The zero-order chi connectivity index (χ0) is 9.12. The summed E-state index contributed by atoms with van der Waals surface area (Å²) in [6.45, 7) is 8.65. The van der Waals surface area contributed by atoms with E-state index >= 15 is 0 Å². The number of hydrogen-bond acceptors (Lipinski definition) is 2. The molecule has 0 unspecified atom stereocenters. The fourth-order valence-corrected chi connectivity index (χ4v) is 0.694. The van der Waals surface area contributed by atoms with E-state index < -0.39 is 0 Å². The molecule has 0 amide bonds. The Hall–Kier alpha value is -0.0151. The Bertz CT molecular complexity index is 121. The predicted octanol–water partition coefficient (Wildman–Crippen LogP) is 1.54. The van der Waals surface area contributed by atoms with Gasteiger partial charge in [-0.3, -0.25) is 0 Å². The molecule has 0 spiro atoms. The maximum atomic E-state index is 5.17. The third-order valence-electron chi connectivity index (χ3n) is 2.43. The van der Waals surface area contributed by atoms with Crippen LogP contribution < -0.4 is 0 Å². The smallest absolute Gasteiger partial charge is 0.283 e. The lowest BCUT2D eigenvalue weighted by Gasteiger charge is -2.40. The van der Waals surface area contributed by atoms with Gasteiger partial charge in [0.05, 0.1) is 12.2 Å². The van der Waals surface area contributed by atoms with E-state index in [0.29, 0.717) is 6.61 Å². The topological polar surface area (TPSA) is 18.5 Å². The first kappa shape index (κ1) is 11.0. The van der Waals surface area contributed by atoms with Gasteiger partial charge in [-0.15, -0.1) is 0 Å². The zero-order valence-corrected chi connectivity index (χ0v) is 8.10. The van der Waals surface area contributed by atoms with E-state index in [1.807, 2.05) is 13.8 Å². The van der Waals surface area contributed by atoms with Gasteiger partial charge in [-0.05, 0) is 13.8 Å². The molecule has 3 heteroatoms. The first-order valence-electron chi connectivity index (χ1n) is 3.74. The Balaban J connectivity index is 4.26. The molecule has 0 aromatic heterocycles.